The third kappa shape index (κ3) is 2.73. The van der Waals surface area contributed by atoms with E-state index >= 15 is 0 Å². The first-order valence-corrected chi connectivity index (χ1v) is 7.72. The first kappa shape index (κ1) is 13.6. The smallest absolute Gasteiger partial charge is 0.251 e. The summed E-state index contributed by atoms with van der Waals surface area (Å²) in [6.07, 6.45) is 3.50. The molecule has 1 aliphatic heterocycles. The molecular formula is C17H24N2O. The van der Waals surface area contributed by atoms with E-state index in [4.69, 9.17) is 0 Å². The highest BCUT2D eigenvalue weighted by molar-refractivity contribution is 5.95. The molecule has 3 atom stereocenters. The van der Waals surface area contributed by atoms with Crippen LogP contribution in [0, 0.1) is 25.7 Å². The number of nitrogens with one attached hydrogen (secondary N) is 2. The highest BCUT2D eigenvalue weighted by Crippen LogP contribution is 2.32. The molecular weight excluding hydrogens is 248 g/mol. The minimum atomic E-state index is 0.0944. The average Bonchev–Trinajstić information content (AvgIpc) is 2.85. The summed E-state index contributed by atoms with van der Waals surface area (Å²) >= 11 is 0. The van der Waals surface area contributed by atoms with Gasteiger partial charge in [-0.2, -0.15) is 0 Å². The van der Waals surface area contributed by atoms with Gasteiger partial charge in [-0.15, -0.1) is 0 Å². The Balaban J connectivity index is 1.64. The van der Waals surface area contributed by atoms with E-state index in [-0.39, 0.29) is 5.91 Å². The Morgan fingerprint density at radius 1 is 1.20 bits per heavy atom. The van der Waals surface area contributed by atoms with Gasteiger partial charge in [-0.05, 0) is 69.7 Å². The lowest BCUT2D eigenvalue weighted by atomic mass is 9.79. The lowest BCUT2D eigenvalue weighted by Gasteiger charge is -2.31. The molecule has 1 aliphatic carbocycles. The molecule has 1 unspecified atom stereocenters. The van der Waals surface area contributed by atoms with Gasteiger partial charge in [0.15, 0.2) is 0 Å². The quantitative estimate of drug-likeness (QED) is 0.868. The van der Waals surface area contributed by atoms with Crippen LogP contribution in [0.1, 0.15) is 40.7 Å². The van der Waals surface area contributed by atoms with Crippen molar-refractivity contribution in [1.82, 2.24) is 10.6 Å². The van der Waals surface area contributed by atoms with E-state index in [2.05, 4.69) is 23.6 Å². The van der Waals surface area contributed by atoms with Gasteiger partial charge < -0.3 is 10.6 Å². The van der Waals surface area contributed by atoms with Gasteiger partial charge in [-0.1, -0.05) is 17.7 Å². The fraction of sp³-hybridized carbons (Fsp3) is 0.588. The Labute approximate surface area is 121 Å². The van der Waals surface area contributed by atoms with Crippen LogP contribution in [0.3, 0.4) is 0 Å². The van der Waals surface area contributed by atoms with Gasteiger partial charge in [0.2, 0.25) is 0 Å². The minimum Gasteiger partial charge on any atom is -0.349 e. The molecule has 3 nitrogen and oxygen atoms in total. The molecule has 0 aromatic heterocycles. The molecule has 0 spiro atoms. The molecule has 1 saturated carbocycles. The van der Waals surface area contributed by atoms with E-state index in [0.29, 0.717) is 6.04 Å². The third-order valence-corrected chi connectivity index (χ3v) is 4.91. The molecule has 2 fully saturated rings. The van der Waals surface area contributed by atoms with E-state index < -0.39 is 0 Å². The Kier molecular flexibility index (Phi) is 3.79. The third-order valence-electron chi connectivity index (χ3n) is 4.91. The van der Waals surface area contributed by atoms with Crippen LogP contribution in [-0.2, 0) is 0 Å². The predicted molar refractivity (Wildman–Crippen MR) is 80.9 cm³/mol. The van der Waals surface area contributed by atoms with Crippen LogP contribution in [0.5, 0.6) is 0 Å². The molecule has 2 aliphatic rings. The largest absolute Gasteiger partial charge is 0.349 e. The van der Waals surface area contributed by atoms with Crippen molar-refractivity contribution in [2.24, 2.45) is 11.8 Å². The maximum absolute atomic E-state index is 12.4. The van der Waals surface area contributed by atoms with Gasteiger partial charge >= 0.3 is 0 Å². The SMILES string of the molecule is Cc1ccc(C(=O)NC2CC[C@H]3CNC[C@H]3C2)c(C)c1. The highest BCUT2D eigenvalue weighted by Gasteiger charge is 2.34. The molecule has 1 aromatic rings. The van der Waals surface area contributed by atoms with Crippen molar-refractivity contribution in [3.8, 4) is 0 Å². The second kappa shape index (κ2) is 5.57. The van der Waals surface area contributed by atoms with Gasteiger partial charge in [0.05, 0.1) is 0 Å². The lowest BCUT2D eigenvalue weighted by molar-refractivity contribution is 0.0913. The molecule has 3 heteroatoms. The van der Waals surface area contributed by atoms with Gasteiger partial charge in [0, 0.05) is 11.6 Å². The maximum Gasteiger partial charge on any atom is 0.251 e. The van der Waals surface area contributed by atoms with Gasteiger partial charge in [0.25, 0.3) is 5.91 Å². The van der Waals surface area contributed by atoms with Crippen LogP contribution in [0.25, 0.3) is 0 Å². The number of fused-ring (bicyclic) bond motifs is 1. The molecule has 1 aromatic carbocycles. The monoisotopic (exact) mass is 272 g/mol. The number of benzene rings is 1. The summed E-state index contributed by atoms with van der Waals surface area (Å²) in [5, 5.41) is 6.71. The normalized spacial score (nSPS) is 29.0. The topological polar surface area (TPSA) is 41.1 Å². The fourth-order valence-electron chi connectivity index (χ4n) is 3.76. The van der Waals surface area contributed by atoms with Crippen molar-refractivity contribution in [1.29, 1.82) is 0 Å². The Morgan fingerprint density at radius 2 is 2.00 bits per heavy atom. The van der Waals surface area contributed by atoms with Crippen LogP contribution < -0.4 is 10.6 Å². The summed E-state index contributed by atoms with van der Waals surface area (Å²) < 4.78 is 0. The van der Waals surface area contributed by atoms with Crippen molar-refractivity contribution in [3.63, 3.8) is 0 Å². The minimum absolute atomic E-state index is 0.0944. The molecule has 20 heavy (non-hydrogen) atoms. The first-order chi connectivity index (χ1) is 9.63. The predicted octanol–water partition coefficient (Wildman–Crippen LogP) is 2.42. The molecule has 1 saturated heterocycles. The summed E-state index contributed by atoms with van der Waals surface area (Å²) in [5.74, 6) is 1.69. The number of carbonyl (C=O) groups is 1. The standard InChI is InChI=1S/C17H24N2O/c1-11-3-6-16(12(2)7-11)17(20)19-15-5-4-13-9-18-10-14(13)8-15/h3,6-7,13-15,18H,4-5,8-10H2,1-2H3,(H,19,20)/t13-,14+,15?/m0/s1. The Bertz CT molecular complexity index is 512. The van der Waals surface area contributed by atoms with Crippen LogP contribution >= 0.6 is 0 Å². The van der Waals surface area contributed by atoms with E-state index in [1.807, 2.05) is 19.1 Å². The zero-order chi connectivity index (χ0) is 14.1. The zero-order valence-electron chi connectivity index (χ0n) is 12.4. The van der Waals surface area contributed by atoms with E-state index in [9.17, 15) is 4.79 Å². The molecule has 1 heterocycles. The molecule has 1 amide bonds. The van der Waals surface area contributed by atoms with Crippen LogP contribution in [0.2, 0.25) is 0 Å². The van der Waals surface area contributed by atoms with Gasteiger partial charge in [0.1, 0.15) is 0 Å². The molecule has 0 bridgehead atoms. The van der Waals surface area contributed by atoms with E-state index in [1.165, 1.54) is 18.5 Å². The second-order valence-electron chi connectivity index (χ2n) is 6.48. The number of carbonyl (C=O) groups excluding carboxylic acids is 1. The second-order valence-corrected chi connectivity index (χ2v) is 6.48. The summed E-state index contributed by atoms with van der Waals surface area (Å²) in [4.78, 5) is 12.4. The van der Waals surface area contributed by atoms with Crippen molar-refractivity contribution in [2.45, 2.75) is 39.2 Å². The van der Waals surface area contributed by atoms with Crippen molar-refractivity contribution in [2.75, 3.05) is 13.1 Å². The molecule has 0 radical (unpaired) electrons. The van der Waals surface area contributed by atoms with Gasteiger partial charge in [-0.25, -0.2) is 0 Å². The van der Waals surface area contributed by atoms with Crippen molar-refractivity contribution >= 4 is 5.91 Å². The summed E-state index contributed by atoms with van der Waals surface area (Å²) in [5.41, 5.74) is 3.09. The summed E-state index contributed by atoms with van der Waals surface area (Å²) in [6.45, 7) is 6.37. The molecule has 2 N–H and O–H groups in total. The average molecular weight is 272 g/mol. The van der Waals surface area contributed by atoms with Crippen LogP contribution in [0.4, 0.5) is 0 Å². The zero-order valence-corrected chi connectivity index (χ0v) is 12.4. The Morgan fingerprint density at radius 3 is 2.80 bits per heavy atom. The number of hydrogen-bond acceptors (Lipinski definition) is 2. The van der Waals surface area contributed by atoms with E-state index in [0.717, 1.165) is 42.3 Å². The summed E-state index contributed by atoms with van der Waals surface area (Å²) in [7, 11) is 0. The van der Waals surface area contributed by atoms with Crippen LogP contribution in [0.15, 0.2) is 18.2 Å². The number of aryl methyl sites for hydroxylation is 2. The number of rotatable bonds is 2. The number of hydrogen-bond donors (Lipinski definition) is 2. The lowest BCUT2D eigenvalue weighted by Crippen LogP contribution is -2.40. The van der Waals surface area contributed by atoms with Crippen molar-refractivity contribution < 1.29 is 4.79 Å². The van der Waals surface area contributed by atoms with E-state index in [1.54, 1.807) is 0 Å². The Hall–Kier alpha value is -1.35. The highest BCUT2D eigenvalue weighted by atomic mass is 16.1. The van der Waals surface area contributed by atoms with Crippen molar-refractivity contribution in [3.05, 3.63) is 34.9 Å². The van der Waals surface area contributed by atoms with Gasteiger partial charge in [-0.3, -0.25) is 4.79 Å². The molecule has 3 rings (SSSR count). The summed E-state index contributed by atoms with van der Waals surface area (Å²) in [6, 6.07) is 6.39. The first-order valence-electron chi connectivity index (χ1n) is 7.72. The fourth-order valence-corrected chi connectivity index (χ4v) is 3.76. The maximum atomic E-state index is 12.4. The number of amides is 1. The van der Waals surface area contributed by atoms with Crippen LogP contribution in [-0.4, -0.2) is 25.0 Å². The molecule has 108 valence electrons.